The number of nitrogens with zero attached hydrogens (tertiary/aromatic N) is 3. The summed E-state index contributed by atoms with van der Waals surface area (Å²) in [5.41, 5.74) is 2.07. The molecule has 0 atom stereocenters. The fourth-order valence-corrected chi connectivity index (χ4v) is 3.09. The minimum Gasteiger partial charge on any atom is -0.350 e. The van der Waals surface area contributed by atoms with Crippen molar-refractivity contribution in [1.82, 2.24) is 25.1 Å². The van der Waals surface area contributed by atoms with Gasteiger partial charge in [0, 0.05) is 16.6 Å². The molecule has 2 aromatic heterocycles. The van der Waals surface area contributed by atoms with E-state index in [2.05, 4.69) is 20.5 Å². The van der Waals surface area contributed by atoms with Crippen molar-refractivity contribution >= 4 is 40.0 Å². The van der Waals surface area contributed by atoms with Crippen LogP contribution in [0.2, 0.25) is 10.0 Å². The first-order valence-corrected chi connectivity index (χ1v) is 8.58. The summed E-state index contributed by atoms with van der Waals surface area (Å²) in [4.78, 5) is 15.5. The van der Waals surface area contributed by atoms with Crippen LogP contribution in [0.15, 0.2) is 54.9 Å². The number of carbonyl (C=O) groups is 1. The largest absolute Gasteiger partial charge is 0.350 e. The maximum atomic E-state index is 12.5. The molecule has 4 rings (SSSR count). The van der Waals surface area contributed by atoms with Crippen LogP contribution in [0.3, 0.4) is 0 Å². The fraction of sp³-hybridized carbons (Fsp3) is 0.0556. The Labute approximate surface area is 158 Å². The van der Waals surface area contributed by atoms with E-state index >= 15 is 0 Å². The maximum absolute atomic E-state index is 12.5. The van der Waals surface area contributed by atoms with Gasteiger partial charge in [-0.15, -0.1) is 10.2 Å². The molecule has 6 nitrogen and oxygen atoms in total. The molecule has 2 heterocycles. The second-order valence-electron chi connectivity index (χ2n) is 5.64. The Bertz CT molecular complexity index is 1090. The highest BCUT2D eigenvalue weighted by Gasteiger charge is 2.14. The molecule has 1 amide bonds. The fourth-order valence-electron chi connectivity index (χ4n) is 2.70. The number of aromatic amines is 1. The van der Waals surface area contributed by atoms with E-state index in [0.29, 0.717) is 26.9 Å². The molecule has 2 N–H and O–H groups in total. The van der Waals surface area contributed by atoms with E-state index in [-0.39, 0.29) is 12.5 Å². The molecule has 130 valence electrons. The Kier molecular flexibility index (Phi) is 4.36. The van der Waals surface area contributed by atoms with Gasteiger partial charge in [-0.1, -0.05) is 41.4 Å². The average molecular weight is 386 g/mol. The SMILES string of the molecule is O=C(NCc1nncn1-c1ccccc1)c1cc2c(Cl)c(Cl)ccc2[nH]1. The zero-order valence-corrected chi connectivity index (χ0v) is 14.9. The predicted molar refractivity (Wildman–Crippen MR) is 101 cm³/mol. The van der Waals surface area contributed by atoms with E-state index in [1.807, 2.05) is 34.9 Å². The first-order valence-electron chi connectivity index (χ1n) is 7.83. The summed E-state index contributed by atoms with van der Waals surface area (Å²) >= 11 is 12.2. The first kappa shape index (κ1) is 16.6. The number of benzene rings is 2. The molecule has 0 radical (unpaired) electrons. The van der Waals surface area contributed by atoms with Gasteiger partial charge in [0.25, 0.3) is 5.91 Å². The van der Waals surface area contributed by atoms with Crippen LogP contribution in [-0.4, -0.2) is 25.7 Å². The number of nitrogens with one attached hydrogen (secondary N) is 2. The van der Waals surface area contributed by atoms with Gasteiger partial charge < -0.3 is 10.3 Å². The summed E-state index contributed by atoms with van der Waals surface area (Å²) in [6.07, 6.45) is 1.61. The number of amides is 1. The van der Waals surface area contributed by atoms with Crippen LogP contribution in [0.5, 0.6) is 0 Å². The van der Waals surface area contributed by atoms with Crippen LogP contribution < -0.4 is 5.32 Å². The smallest absolute Gasteiger partial charge is 0.268 e. The molecule has 0 aliphatic rings. The summed E-state index contributed by atoms with van der Waals surface area (Å²) in [6.45, 7) is 0.234. The van der Waals surface area contributed by atoms with Crippen molar-refractivity contribution in [2.75, 3.05) is 0 Å². The topological polar surface area (TPSA) is 75.6 Å². The number of aromatic nitrogens is 4. The van der Waals surface area contributed by atoms with E-state index < -0.39 is 0 Å². The number of halogens is 2. The summed E-state index contributed by atoms with van der Waals surface area (Å²) in [7, 11) is 0. The predicted octanol–water partition coefficient (Wildman–Crippen LogP) is 3.99. The second-order valence-corrected chi connectivity index (χ2v) is 6.43. The van der Waals surface area contributed by atoms with Crippen LogP contribution >= 0.6 is 23.2 Å². The zero-order chi connectivity index (χ0) is 18.1. The van der Waals surface area contributed by atoms with E-state index in [0.717, 1.165) is 11.2 Å². The Morgan fingerprint density at radius 3 is 2.77 bits per heavy atom. The van der Waals surface area contributed by atoms with Gasteiger partial charge in [-0.25, -0.2) is 0 Å². The molecule has 0 spiro atoms. The normalized spacial score (nSPS) is 11.0. The standard InChI is InChI=1S/C18H13Cl2N5O/c19-13-6-7-14-12(17(13)20)8-15(23-14)18(26)21-9-16-24-22-10-25(16)11-4-2-1-3-5-11/h1-8,10,23H,9H2,(H,21,26). The molecule has 26 heavy (non-hydrogen) atoms. The quantitative estimate of drug-likeness (QED) is 0.557. The average Bonchev–Trinajstić information content (AvgIpc) is 3.31. The van der Waals surface area contributed by atoms with Gasteiger partial charge in [-0.2, -0.15) is 0 Å². The molecule has 8 heteroatoms. The van der Waals surface area contributed by atoms with Gasteiger partial charge in [0.2, 0.25) is 0 Å². The van der Waals surface area contributed by atoms with Crippen LogP contribution in [0.25, 0.3) is 16.6 Å². The van der Waals surface area contributed by atoms with Gasteiger partial charge in [0.1, 0.15) is 12.0 Å². The monoisotopic (exact) mass is 385 g/mol. The lowest BCUT2D eigenvalue weighted by Crippen LogP contribution is -2.24. The molecule has 0 bridgehead atoms. The van der Waals surface area contributed by atoms with Gasteiger partial charge in [0.15, 0.2) is 5.82 Å². The third kappa shape index (κ3) is 3.05. The highest BCUT2D eigenvalue weighted by molar-refractivity contribution is 6.45. The molecular formula is C18H13Cl2N5O. The summed E-state index contributed by atoms with van der Waals surface area (Å²) in [6, 6.07) is 14.8. The Morgan fingerprint density at radius 1 is 1.15 bits per heavy atom. The van der Waals surface area contributed by atoms with Crippen molar-refractivity contribution < 1.29 is 4.79 Å². The molecule has 4 aromatic rings. The van der Waals surface area contributed by atoms with Crippen molar-refractivity contribution in [3.63, 3.8) is 0 Å². The van der Waals surface area contributed by atoms with Gasteiger partial charge >= 0.3 is 0 Å². The lowest BCUT2D eigenvalue weighted by molar-refractivity contribution is 0.0945. The van der Waals surface area contributed by atoms with Gasteiger partial charge in [-0.05, 0) is 30.3 Å². The second kappa shape index (κ2) is 6.82. The highest BCUT2D eigenvalue weighted by atomic mass is 35.5. The van der Waals surface area contributed by atoms with E-state index in [1.165, 1.54) is 0 Å². The third-order valence-corrected chi connectivity index (χ3v) is 4.81. The summed E-state index contributed by atoms with van der Waals surface area (Å²) < 4.78 is 1.82. The number of fused-ring (bicyclic) bond motifs is 1. The van der Waals surface area contributed by atoms with Crippen LogP contribution in [-0.2, 0) is 6.54 Å². The van der Waals surface area contributed by atoms with Crippen molar-refractivity contribution in [3.8, 4) is 5.69 Å². The number of hydrogen-bond donors (Lipinski definition) is 2. The van der Waals surface area contributed by atoms with Crippen molar-refractivity contribution in [2.24, 2.45) is 0 Å². The molecule has 0 fully saturated rings. The summed E-state index contributed by atoms with van der Waals surface area (Å²) in [5, 5.41) is 12.4. The van der Waals surface area contributed by atoms with Gasteiger partial charge in [0.05, 0.1) is 16.6 Å². The first-order chi connectivity index (χ1) is 12.6. The van der Waals surface area contributed by atoms with Crippen molar-refractivity contribution in [1.29, 1.82) is 0 Å². The number of carbonyl (C=O) groups excluding carboxylic acids is 1. The molecule has 2 aromatic carbocycles. The van der Waals surface area contributed by atoms with E-state index in [1.54, 1.807) is 24.5 Å². The number of H-pyrrole nitrogens is 1. The number of rotatable bonds is 4. The molecular weight excluding hydrogens is 373 g/mol. The zero-order valence-electron chi connectivity index (χ0n) is 13.4. The Morgan fingerprint density at radius 2 is 1.96 bits per heavy atom. The van der Waals surface area contributed by atoms with E-state index in [4.69, 9.17) is 23.2 Å². The molecule has 0 saturated heterocycles. The summed E-state index contributed by atoms with van der Waals surface area (Å²) in [5.74, 6) is 0.359. The molecule has 0 saturated carbocycles. The Hall–Kier alpha value is -2.83. The van der Waals surface area contributed by atoms with E-state index in [9.17, 15) is 4.79 Å². The Balaban J connectivity index is 1.54. The number of hydrogen-bond acceptors (Lipinski definition) is 3. The van der Waals surface area contributed by atoms with Crippen LogP contribution in [0, 0.1) is 0 Å². The van der Waals surface area contributed by atoms with Crippen LogP contribution in [0.1, 0.15) is 16.3 Å². The van der Waals surface area contributed by atoms with Crippen molar-refractivity contribution in [3.05, 3.63) is 76.4 Å². The highest BCUT2D eigenvalue weighted by Crippen LogP contribution is 2.31. The number of para-hydroxylation sites is 1. The minimum atomic E-state index is -0.268. The maximum Gasteiger partial charge on any atom is 0.268 e. The minimum absolute atomic E-state index is 0.234. The van der Waals surface area contributed by atoms with Crippen LogP contribution in [0.4, 0.5) is 0 Å². The molecule has 0 aliphatic heterocycles. The lowest BCUT2D eigenvalue weighted by atomic mass is 10.2. The van der Waals surface area contributed by atoms with Crippen molar-refractivity contribution in [2.45, 2.75) is 6.54 Å². The lowest BCUT2D eigenvalue weighted by Gasteiger charge is -2.07. The van der Waals surface area contributed by atoms with Gasteiger partial charge in [-0.3, -0.25) is 9.36 Å². The third-order valence-electron chi connectivity index (χ3n) is 4.00. The molecule has 0 aliphatic carbocycles. The molecule has 0 unspecified atom stereocenters.